The first-order chi connectivity index (χ1) is 19.6. The molecule has 0 saturated heterocycles. The summed E-state index contributed by atoms with van der Waals surface area (Å²) in [7, 11) is 3.77. The molecule has 1 heterocycles. The van der Waals surface area contributed by atoms with E-state index in [0.717, 1.165) is 6.07 Å². The molecule has 3 aromatic carbocycles. The van der Waals surface area contributed by atoms with E-state index in [0.29, 0.717) is 42.7 Å². The molecular formula is C30H29F2N5O4. The van der Waals surface area contributed by atoms with Crippen LogP contribution in [0.25, 0.3) is 11.1 Å². The van der Waals surface area contributed by atoms with Gasteiger partial charge in [-0.25, -0.2) is 8.78 Å². The van der Waals surface area contributed by atoms with Crippen LogP contribution in [0.4, 0.5) is 20.2 Å². The van der Waals surface area contributed by atoms with Crippen LogP contribution in [0.3, 0.4) is 0 Å². The van der Waals surface area contributed by atoms with Crippen molar-refractivity contribution in [2.24, 2.45) is 5.41 Å². The largest absolute Gasteiger partial charge is 0.351 e. The van der Waals surface area contributed by atoms with E-state index in [2.05, 4.69) is 21.3 Å². The highest BCUT2D eigenvalue weighted by atomic mass is 19.1. The minimum atomic E-state index is -1.29. The highest BCUT2D eigenvalue weighted by molar-refractivity contribution is 6.17. The SMILES string of the molecule is CN(C)CCNC(=O)c1ccc(-c2ccc(NC(=O)C3(C(=O)Nc4ccc(F)cc4)CC3)cc2F)c2c1C(=O)NC2. The fourth-order valence-electron chi connectivity index (χ4n) is 4.81. The predicted molar refractivity (Wildman–Crippen MR) is 149 cm³/mol. The summed E-state index contributed by atoms with van der Waals surface area (Å²) >= 11 is 0. The zero-order chi connectivity index (χ0) is 29.3. The summed E-state index contributed by atoms with van der Waals surface area (Å²) in [5.41, 5.74) is 0.837. The summed E-state index contributed by atoms with van der Waals surface area (Å²) in [6.45, 7) is 1.18. The third-order valence-electron chi connectivity index (χ3n) is 7.29. The number of halogens is 2. The van der Waals surface area contributed by atoms with Crippen LogP contribution >= 0.6 is 0 Å². The fourth-order valence-corrected chi connectivity index (χ4v) is 4.81. The van der Waals surface area contributed by atoms with Crippen LogP contribution in [0.15, 0.2) is 54.6 Å². The number of carbonyl (C=O) groups is 4. The number of nitrogens with one attached hydrogen (secondary N) is 4. The van der Waals surface area contributed by atoms with Gasteiger partial charge in [0.05, 0.1) is 11.1 Å². The van der Waals surface area contributed by atoms with Crippen LogP contribution in [-0.2, 0) is 16.1 Å². The van der Waals surface area contributed by atoms with Crippen molar-refractivity contribution in [1.29, 1.82) is 0 Å². The maximum Gasteiger partial charge on any atom is 0.252 e. The Morgan fingerprint density at radius 3 is 2.17 bits per heavy atom. The Morgan fingerprint density at radius 1 is 0.902 bits per heavy atom. The Morgan fingerprint density at radius 2 is 1.54 bits per heavy atom. The lowest BCUT2D eigenvalue weighted by atomic mass is 9.92. The topological polar surface area (TPSA) is 120 Å². The van der Waals surface area contributed by atoms with E-state index < -0.39 is 34.8 Å². The lowest BCUT2D eigenvalue weighted by Crippen LogP contribution is -2.35. The Hall–Kier alpha value is -4.64. The van der Waals surface area contributed by atoms with Crippen LogP contribution in [-0.4, -0.2) is 55.7 Å². The standard InChI is InChI=1S/C30H29F2N5O4/c1-37(2)14-13-33-26(38)22-10-9-20(23-16-34-27(39)25(22)23)21-8-7-19(15-24(21)32)36-29(41)30(11-12-30)28(40)35-18-5-3-17(31)4-6-18/h3-10,15H,11-14,16H2,1-2H3,(H,33,38)(H,34,39)(H,35,40)(H,36,41). The van der Waals surface area contributed by atoms with Gasteiger partial charge in [-0.15, -0.1) is 0 Å². The van der Waals surface area contributed by atoms with Gasteiger partial charge >= 0.3 is 0 Å². The predicted octanol–water partition coefficient (Wildman–Crippen LogP) is 3.52. The lowest BCUT2D eigenvalue weighted by Gasteiger charge is -2.17. The van der Waals surface area contributed by atoms with Crippen molar-refractivity contribution in [1.82, 2.24) is 15.5 Å². The summed E-state index contributed by atoms with van der Waals surface area (Å²) in [4.78, 5) is 53.1. The molecule has 0 atom stereocenters. The van der Waals surface area contributed by atoms with Gasteiger partial charge in [0.15, 0.2) is 0 Å². The van der Waals surface area contributed by atoms with Gasteiger partial charge in [0.1, 0.15) is 17.0 Å². The Bertz CT molecular complexity index is 1550. The van der Waals surface area contributed by atoms with Gasteiger partial charge in [-0.2, -0.15) is 0 Å². The number of fused-ring (bicyclic) bond motifs is 1. The molecule has 0 unspecified atom stereocenters. The second kappa shape index (κ2) is 11.1. The molecule has 0 bridgehead atoms. The number of hydrogen-bond donors (Lipinski definition) is 4. The molecular weight excluding hydrogens is 532 g/mol. The molecule has 1 aliphatic heterocycles. The molecule has 212 valence electrons. The van der Waals surface area contributed by atoms with E-state index >= 15 is 4.39 Å². The fraction of sp³-hybridized carbons (Fsp3) is 0.267. The van der Waals surface area contributed by atoms with Gasteiger partial charge in [0, 0.05) is 36.6 Å². The second-order valence-electron chi connectivity index (χ2n) is 10.4. The summed E-state index contributed by atoms with van der Waals surface area (Å²) in [5.74, 6) is -2.97. The van der Waals surface area contributed by atoms with Crippen molar-refractivity contribution < 1.29 is 28.0 Å². The summed E-state index contributed by atoms with van der Waals surface area (Å²) in [5, 5.41) is 10.8. The number of anilines is 2. The van der Waals surface area contributed by atoms with E-state index in [-0.39, 0.29) is 34.8 Å². The molecule has 5 rings (SSSR count). The zero-order valence-electron chi connectivity index (χ0n) is 22.6. The van der Waals surface area contributed by atoms with Gasteiger partial charge in [-0.3, -0.25) is 19.2 Å². The zero-order valence-corrected chi connectivity index (χ0v) is 22.6. The average molecular weight is 562 g/mol. The number of benzene rings is 3. The van der Waals surface area contributed by atoms with Crippen LogP contribution in [0.5, 0.6) is 0 Å². The van der Waals surface area contributed by atoms with Gasteiger partial charge in [0.2, 0.25) is 11.8 Å². The number of nitrogens with zero attached hydrogens (tertiary/aromatic N) is 1. The molecule has 1 aliphatic carbocycles. The Kier molecular flexibility index (Phi) is 7.55. The van der Waals surface area contributed by atoms with Gasteiger partial charge in [0.25, 0.3) is 11.8 Å². The van der Waals surface area contributed by atoms with Crippen molar-refractivity contribution >= 4 is 35.0 Å². The minimum Gasteiger partial charge on any atom is -0.351 e. The maximum absolute atomic E-state index is 15.4. The molecule has 9 nitrogen and oxygen atoms in total. The van der Waals surface area contributed by atoms with E-state index in [1.165, 1.54) is 42.5 Å². The summed E-state index contributed by atoms with van der Waals surface area (Å²) < 4.78 is 28.6. The van der Waals surface area contributed by atoms with E-state index in [1.54, 1.807) is 6.07 Å². The molecule has 1 fully saturated rings. The highest BCUT2D eigenvalue weighted by Crippen LogP contribution is 2.47. The molecule has 4 amide bonds. The molecule has 0 radical (unpaired) electrons. The van der Waals surface area contributed by atoms with Crippen molar-refractivity contribution in [3.63, 3.8) is 0 Å². The number of amides is 4. The quantitative estimate of drug-likeness (QED) is 0.298. The molecule has 41 heavy (non-hydrogen) atoms. The number of carbonyl (C=O) groups excluding carboxylic acids is 4. The number of hydrogen-bond acceptors (Lipinski definition) is 5. The first kappa shape index (κ1) is 27.9. The number of rotatable bonds is 9. The Labute approximate surface area is 235 Å². The van der Waals surface area contributed by atoms with E-state index in [9.17, 15) is 23.6 Å². The van der Waals surface area contributed by atoms with Crippen molar-refractivity contribution in [2.45, 2.75) is 19.4 Å². The molecule has 11 heteroatoms. The van der Waals surface area contributed by atoms with Gasteiger partial charge in [-0.05, 0) is 86.6 Å². The van der Waals surface area contributed by atoms with E-state index in [1.807, 2.05) is 19.0 Å². The monoisotopic (exact) mass is 561 g/mol. The second-order valence-corrected chi connectivity index (χ2v) is 10.4. The van der Waals surface area contributed by atoms with Crippen LogP contribution < -0.4 is 21.3 Å². The molecule has 0 spiro atoms. The lowest BCUT2D eigenvalue weighted by molar-refractivity contribution is -0.131. The summed E-state index contributed by atoms with van der Waals surface area (Å²) in [6.07, 6.45) is 0.656. The molecule has 2 aliphatic rings. The highest BCUT2D eigenvalue weighted by Gasteiger charge is 2.56. The van der Waals surface area contributed by atoms with Crippen LogP contribution in [0.2, 0.25) is 0 Å². The third-order valence-corrected chi connectivity index (χ3v) is 7.29. The van der Waals surface area contributed by atoms with E-state index in [4.69, 9.17) is 0 Å². The first-order valence-electron chi connectivity index (χ1n) is 13.1. The molecule has 3 aromatic rings. The van der Waals surface area contributed by atoms with Crippen molar-refractivity contribution in [3.05, 3.63) is 82.9 Å². The van der Waals surface area contributed by atoms with Gasteiger partial charge < -0.3 is 26.2 Å². The van der Waals surface area contributed by atoms with Crippen molar-refractivity contribution in [3.8, 4) is 11.1 Å². The third kappa shape index (κ3) is 5.66. The summed E-state index contributed by atoms with van der Waals surface area (Å²) in [6, 6.07) is 12.5. The normalized spacial score (nSPS) is 14.7. The molecule has 1 saturated carbocycles. The minimum absolute atomic E-state index is 0.145. The van der Waals surface area contributed by atoms with Gasteiger partial charge in [-0.1, -0.05) is 6.07 Å². The Balaban J connectivity index is 1.32. The van der Waals surface area contributed by atoms with Crippen LogP contribution in [0.1, 0.15) is 39.1 Å². The smallest absolute Gasteiger partial charge is 0.252 e. The molecule has 4 N–H and O–H groups in total. The maximum atomic E-state index is 15.4. The average Bonchev–Trinajstić information content (AvgIpc) is 3.67. The molecule has 0 aromatic heterocycles. The van der Waals surface area contributed by atoms with Crippen molar-refractivity contribution in [2.75, 3.05) is 37.8 Å². The first-order valence-corrected chi connectivity index (χ1v) is 13.1. The van der Waals surface area contributed by atoms with Crippen LogP contribution in [0, 0.1) is 17.0 Å². The number of likely N-dealkylation sites (N-methyl/N-ethyl adjacent to an activating group) is 1.